The van der Waals surface area contributed by atoms with Crippen LogP contribution in [0.3, 0.4) is 0 Å². The summed E-state index contributed by atoms with van der Waals surface area (Å²) in [5, 5.41) is 3.35. The Labute approximate surface area is 73.7 Å². The maximum absolute atomic E-state index is 5.66. The molecule has 3 N–H and O–H groups in total. The van der Waals surface area contributed by atoms with E-state index in [1.165, 1.54) is 0 Å². The molecular weight excluding hydrogens is 152 g/mol. The number of rotatable bonds is 4. The van der Waals surface area contributed by atoms with E-state index in [1.54, 1.807) is 0 Å². The normalized spacial score (nSPS) is 28.7. The van der Waals surface area contributed by atoms with Crippen molar-refractivity contribution in [3.05, 3.63) is 0 Å². The molecule has 3 nitrogen and oxygen atoms in total. The van der Waals surface area contributed by atoms with Gasteiger partial charge in [-0.05, 0) is 6.42 Å². The van der Waals surface area contributed by atoms with Crippen LogP contribution < -0.4 is 11.1 Å². The Morgan fingerprint density at radius 1 is 1.67 bits per heavy atom. The topological polar surface area (TPSA) is 47.3 Å². The third-order valence-electron chi connectivity index (χ3n) is 2.26. The molecular formula is C9H16N2O. The largest absolute Gasteiger partial charge is 0.379 e. The maximum atomic E-state index is 5.66. The molecule has 1 saturated heterocycles. The number of nitrogens with two attached hydrogens (primary N) is 1. The predicted molar refractivity (Wildman–Crippen MR) is 48.7 cm³/mol. The number of hydrogen-bond donors (Lipinski definition) is 2. The Bertz CT molecular complexity index is 168. The molecule has 0 spiro atoms. The monoisotopic (exact) mass is 168 g/mol. The minimum Gasteiger partial charge on any atom is -0.379 e. The molecule has 0 aromatic carbocycles. The first-order valence-electron chi connectivity index (χ1n) is 4.29. The van der Waals surface area contributed by atoms with Gasteiger partial charge in [-0.25, -0.2) is 0 Å². The van der Waals surface area contributed by atoms with Crippen molar-refractivity contribution in [2.75, 3.05) is 26.3 Å². The molecule has 0 aliphatic carbocycles. The number of hydrogen-bond acceptors (Lipinski definition) is 3. The average Bonchev–Trinajstić information content (AvgIpc) is 2.55. The lowest BCUT2D eigenvalue weighted by atomic mass is 9.99. The molecule has 0 bridgehead atoms. The van der Waals surface area contributed by atoms with Gasteiger partial charge in [-0.1, -0.05) is 0 Å². The van der Waals surface area contributed by atoms with Gasteiger partial charge in [-0.2, -0.15) is 0 Å². The Hall–Kier alpha value is -0.560. The fourth-order valence-electron chi connectivity index (χ4n) is 1.38. The van der Waals surface area contributed by atoms with Gasteiger partial charge in [-0.3, -0.25) is 0 Å². The number of ether oxygens (including phenoxy) is 1. The molecule has 1 aliphatic rings. The Balaban J connectivity index is 2.30. The third-order valence-corrected chi connectivity index (χ3v) is 2.26. The van der Waals surface area contributed by atoms with Crippen molar-refractivity contribution in [3.8, 4) is 12.3 Å². The first-order chi connectivity index (χ1) is 5.83. The lowest BCUT2D eigenvalue weighted by Crippen LogP contribution is -2.52. The van der Waals surface area contributed by atoms with Crippen LogP contribution in [0.2, 0.25) is 0 Å². The SMILES string of the molecule is C#CCCNC1(CN)CCOC1. The Morgan fingerprint density at radius 2 is 2.50 bits per heavy atom. The second-order valence-electron chi connectivity index (χ2n) is 3.17. The van der Waals surface area contributed by atoms with E-state index in [1.807, 2.05) is 0 Å². The van der Waals surface area contributed by atoms with E-state index in [4.69, 9.17) is 16.9 Å². The zero-order valence-corrected chi connectivity index (χ0v) is 7.31. The van der Waals surface area contributed by atoms with E-state index in [0.717, 1.165) is 26.0 Å². The average molecular weight is 168 g/mol. The first kappa shape index (κ1) is 9.53. The summed E-state index contributed by atoms with van der Waals surface area (Å²) in [5.74, 6) is 2.59. The van der Waals surface area contributed by atoms with Crippen LogP contribution in [0.5, 0.6) is 0 Å². The summed E-state index contributed by atoms with van der Waals surface area (Å²) in [6.45, 7) is 2.98. The van der Waals surface area contributed by atoms with Gasteiger partial charge in [0.15, 0.2) is 0 Å². The molecule has 1 fully saturated rings. The van der Waals surface area contributed by atoms with E-state index in [9.17, 15) is 0 Å². The fourth-order valence-corrected chi connectivity index (χ4v) is 1.38. The maximum Gasteiger partial charge on any atom is 0.0661 e. The first-order valence-corrected chi connectivity index (χ1v) is 4.29. The van der Waals surface area contributed by atoms with Crippen LogP contribution in [0.25, 0.3) is 0 Å². The van der Waals surface area contributed by atoms with Crippen LogP contribution in [0, 0.1) is 12.3 Å². The smallest absolute Gasteiger partial charge is 0.0661 e. The summed E-state index contributed by atoms with van der Waals surface area (Å²) < 4.78 is 5.29. The molecule has 1 aliphatic heterocycles. The molecule has 1 atom stereocenters. The standard InChI is InChI=1S/C9H16N2O/c1-2-3-5-11-9(7-10)4-6-12-8-9/h1,11H,3-8,10H2. The highest BCUT2D eigenvalue weighted by molar-refractivity contribution is 4.94. The van der Waals surface area contributed by atoms with Crippen molar-refractivity contribution in [2.24, 2.45) is 5.73 Å². The Kier molecular flexibility index (Phi) is 3.54. The van der Waals surface area contributed by atoms with Gasteiger partial charge < -0.3 is 15.8 Å². The molecule has 1 rings (SSSR count). The molecule has 68 valence electrons. The van der Waals surface area contributed by atoms with Gasteiger partial charge in [0.2, 0.25) is 0 Å². The minimum atomic E-state index is -0.00313. The molecule has 0 aromatic rings. The van der Waals surface area contributed by atoms with E-state index in [0.29, 0.717) is 13.2 Å². The second-order valence-corrected chi connectivity index (χ2v) is 3.17. The van der Waals surface area contributed by atoms with E-state index < -0.39 is 0 Å². The lowest BCUT2D eigenvalue weighted by Gasteiger charge is -2.26. The van der Waals surface area contributed by atoms with Crippen LogP contribution in [0.1, 0.15) is 12.8 Å². The highest BCUT2D eigenvalue weighted by atomic mass is 16.5. The molecule has 1 unspecified atom stereocenters. The van der Waals surface area contributed by atoms with Crippen molar-refractivity contribution in [1.29, 1.82) is 0 Å². The molecule has 0 aromatic heterocycles. The highest BCUT2D eigenvalue weighted by Gasteiger charge is 2.32. The fraction of sp³-hybridized carbons (Fsp3) is 0.778. The summed E-state index contributed by atoms with van der Waals surface area (Å²) in [7, 11) is 0. The molecule has 12 heavy (non-hydrogen) atoms. The molecule has 0 saturated carbocycles. The predicted octanol–water partition coefficient (Wildman–Crippen LogP) is -0.283. The molecule has 0 amide bonds. The number of nitrogens with one attached hydrogen (secondary N) is 1. The summed E-state index contributed by atoms with van der Waals surface area (Å²) >= 11 is 0. The van der Waals surface area contributed by atoms with Crippen molar-refractivity contribution in [2.45, 2.75) is 18.4 Å². The van der Waals surface area contributed by atoms with Gasteiger partial charge in [-0.15, -0.1) is 12.3 Å². The van der Waals surface area contributed by atoms with Crippen molar-refractivity contribution >= 4 is 0 Å². The summed E-state index contributed by atoms with van der Waals surface area (Å²) in [6, 6.07) is 0. The minimum absolute atomic E-state index is 0.00313. The lowest BCUT2D eigenvalue weighted by molar-refractivity contribution is 0.169. The zero-order chi connectivity index (χ0) is 8.86. The third kappa shape index (κ3) is 2.21. The van der Waals surface area contributed by atoms with Gasteiger partial charge >= 0.3 is 0 Å². The van der Waals surface area contributed by atoms with Crippen LogP contribution in [0.4, 0.5) is 0 Å². The van der Waals surface area contributed by atoms with E-state index in [-0.39, 0.29) is 5.54 Å². The van der Waals surface area contributed by atoms with Crippen LogP contribution in [-0.2, 0) is 4.74 Å². The van der Waals surface area contributed by atoms with Crippen LogP contribution in [-0.4, -0.2) is 31.8 Å². The summed E-state index contributed by atoms with van der Waals surface area (Å²) in [6.07, 6.45) is 6.89. The zero-order valence-electron chi connectivity index (χ0n) is 7.31. The van der Waals surface area contributed by atoms with Crippen molar-refractivity contribution < 1.29 is 4.74 Å². The van der Waals surface area contributed by atoms with E-state index >= 15 is 0 Å². The van der Waals surface area contributed by atoms with Crippen molar-refractivity contribution in [1.82, 2.24) is 5.32 Å². The van der Waals surface area contributed by atoms with Crippen LogP contribution >= 0.6 is 0 Å². The number of terminal acetylenes is 1. The van der Waals surface area contributed by atoms with Crippen LogP contribution in [0.15, 0.2) is 0 Å². The molecule has 3 heteroatoms. The quantitative estimate of drug-likeness (QED) is 0.448. The summed E-state index contributed by atoms with van der Waals surface area (Å²) in [4.78, 5) is 0. The summed E-state index contributed by atoms with van der Waals surface area (Å²) in [5.41, 5.74) is 5.65. The van der Waals surface area contributed by atoms with Gasteiger partial charge in [0, 0.05) is 26.1 Å². The van der Waals surface area contributed by atoms with Crippen molar-refractivity contribution in [3.63, 3.8) is 0 Å². The highest BCUT2D eigenvalue weighted by Crippen LogP contribution is 2.16. The molecule has 1 heterocycles. The molecule has 0 radical (unpaired) electrons. The van der Waals surface area contributed by atoms with E-state index in [2.05, 4.69) is 11.2 Å². The van der Waals surface area contributed by atoms with Gasteiger partial charge in [0.1, 0.15) is 0 Å². The Morgan fingerprint density at radius 3 is 3.00 bits per heavy atom. The second kappa shape index (κ2) is 4.46. The van der Waals surface area contributed by atoms with Gasteiger partial charge in [0.05, 0.1) is 12.1 Å². The van der Waals surface area contributed by atoms with Gasteiger partial charge in [0.25, 0.3) is 0 Å².